The Labute approximate surface area is 139 Å². The molecule has 3 aromatic rings. The molecule has 0 amide bonds. The number of nitrogens with zero attached hydrogens (tertiary/aromatic N) is 4. The number of halogens is 2. The number of rotatable bonds is 2. The van der Waals surface area contributed by atoms with Crippen molar-refractivity contribution in [3.8, 4) is 11.3 Å². The molecule has 0 radical (unpaired) electrons. The van der Waals surface area contributed by atoms with E-state index in [1.165, 1.54) is 6.07 Å². The summed E-state index contributed by atoms with van der Waals surface area (Å²) in [5.74, 6) is -0.541. The second-order valence-electron chi connectivity index (χ2n) is 5.37. The van der Waals surface area contributed by atoms with Crippen LogP contribution in [0.5, 0.6) is 0 Å². The number of aryl methyl sites for hydroxylation is 1. The first-order chi connectivity index (χ1) is 11.4. The minimum Gasteiger partial charge on any atom is -0.368 e. The number of fused-ring (bicyclic) bond motifs is 1. The Morgan fingerprint density at radius 3 is 2.38 bits per heavy atom. The molecular weight excluding hydrogens is 312 g/mol. The molecule has 2 heterocycles. The van der Waals surface area contributed by atoms with Gasteiger partial charge in [-0.25, -0.2) is 23.7 Å². The van der Waals surface area contributed by atoms with E-state index < -0.39 is 11.6 Å². The standard InChI is InChI=1S/C15H15F2N5.C2H6/c1-7(2)22-8(3)20-14-10(16)4-9(5-12(14)22)13-11(17)6-19-15(18)21-13;1-2/h4-7H,1-3H3,(H2,18,19,21);1-2H3. The first-order valence-electron chi connectivity index (χ1n) is 7.85. The molecule has 5 nitrogen and oxygen atoms in total. The van der Waals surface area contributed by atoms with Gasteiger partial charge in [0.05, 0.1) is 11.7 Å². The van der Waals surface area contributed by atoms with Crippen LogP contribution in [0.2, 0.25) is 0 Å². The van der Waals surface area contributed by atoms with Crippen LogP contribution in [0.3, 0.4) is 0 Å². The highest BCUT2D eigenvalue weighted by Crippen LogP contribution is 2.29. The summed E-state index contributed by atoms with van der Waals surface area (Å²) >= 11 is 0. The second-order valence-corrected chi connectivity index (χ2v) is 5.37. The Hall–Kier alpha value is -2.57. The minimum absolute atomic E-state index is 0.0255. The number of imidazole rings is 1. The van der Waals surface area contributed by atoms with Gasteiger partial charge in [0.15, 0.2) is 11.6 Å². The Morgan fingerprint density at radius 1 is 1.08 bits per heavy atom. The summed E-state index contributed by atoms with van der Waals surface area (Å²) in [6.45, 7) is 9.76. The van der Waals surface area contributed by atoms with E-state index in [0.29, 0.717) is 16.9 Å². The maximum absolute atomic E-state index is 14.3. The minimum atomic E-state index is -0.653. The lowest BCUT2D eigenvalue weighted by molar-refractivity contribution is 0.600. The predicted molar refractivity (Wildman–Crippen MR) is 91.6 cm³/mol. The second kappa shape index (κ2) is 6.90. The Bertz CT molecular complexity index is 871. The van der Waals surface area contributed by atoms with Gasteiger partial charge in [-0.3, -0.25) is 0 Å². The summed E-state index contributed by atoms with van der Waals surface area (Å²) in [4.78, 5) is 11.7. The molecule has 7 heteroatoms. The lowest BCUT2D eigenvalue weighted by Crippen LogP contribution is -2.03. The van der Waals surface area contributed by atoms with Crippen molar-refractivity contribution < 1.29 is 8.78 Å². The van der Waals surface area contributed by atoms with Gasteiger partial charge in [0.2, 0.25) is 5.95 Å². The summed E-state index contributed by atoms with van der Waals surface area (Å²) in [5.41, 5.74) is 6.63. The zero-order valence-electron chi connectivity index (χ0n) is 14.4. The van der Waals surface area contributed by atoms with Gasteiger partial charge in [0.25, 0.3) is 0 Å². The van der Waals surface area contributed by atoms with Crippen molar-refractivity contribution in [2.24, 2.45) is 0 Å². The molecule has 0 aliphatic rings. The largest absolute Gasteiger partial charge is 0.368 e. The molecular formula is C17H21F2N5. The normalized spacial score (nSPS) is 10.8. The third-order valence-electron chi connectivity index (χ3n) is 3.48. The molecule has 24 heavy (non-hydrogen) atoms. The molecule has 3 rings (SSSR count). The SMILES string of the molecule is CC.Cc1nc2c(F)cc(-c3nc(N)ncc3F)cc2n1C(C)C. The molecule has 0 aliphatic carbocycles. The predicted octanol–water partition coefficient (Wildman–Crippen LogP) is 4.27. The molecule has 0 bridgehead atoms. The van der Waals surface area contributed by atoms with Crippen molar-refractivity contribution in [2.75, 3.05) is 5.73 Å². The van der Waals surface area contributed by atoms with E-state index in [1.54, 1.807) is 6.07 Å². The molecule has 128 valence electrons. The first-order valence-corrected chi connectivity index (χ1v) is 7.85. The van der Waals surface area contributed by atoms with Gasteiger partial charge in [-0.05, 0) is 32.9 Å². The van der Waals surface area contributed by atoms with E-state index in [-0.39, 0.29) is 23.2 Å². The van der Waals surface area contributed by atoms with Gasteiger partial charge in [0.1, 0.15) is 17.0 Å². The van der Waals surface area contributed by atoms with Gasteiger partial charge in [-0.1, -0.05) is 13.8 Å². The van der Waals surface area contributed by atoms with E-state index in [0.717, 1.165) is 6.20 Å². The number of benzene rings is 1. The van der Waals surface area contributed by atoms with Crippen LogP contribution in [0, 0.1) is 18.6 Å². The van der Waals surface area contributed by atoms with Crippen LogP contribution in [0.1, 0.15) is 39.6 Å². The van der Waals surface area contributed by atoms with Gasteiger partial charge < -0.3 is 10.3 Å². The van der Waals surface area contributed by atoms with Crippen LogP contribution >= 0.6 is 0 Å². The van der Waals surface area contributed by atoms with Crippen molar-refractivity contribution in [2.45, 2.75) is 40.7 Å². The third-order valence-corrected chi connectivity index (χ3v) is 3.48. The average Bonchev–Trinajstić information content (AvgIpc) is 2.88. The molecule has 2 N–H and O–H groups in total. The maximum Gasteiger partial charge on any atom is 0.220 e. The van der Waals surface area contributed by atoms with Crippen molar-refractivity contribution in [3.63, 3.8) is 0 Å². The van der Waals surface area contributed by atoms with Crippen LogP contribution in [0.4, 0.5) is 14.7 Å². The molecule has 1 aromatic carbocycles. The van der Waals surface area contributed by atoms with Crippen molar-refractivity contribution >= 4 is 17.0 Å². The van der Waals surface area contributed by atoms with Gasteiger partial charge in [-0.2, -0.15) is 0 Å². The van der Waals surface area contributed by atoms with Crippen molar-refractivity contribution in [1.82, 2.24) is 19.5 Å². The summed E-state index contributed by atoms with van der Waals surface area (Å²) in [6.07, 6.45) is 0.977. The maximum atomic E-state index is 14.3. The summed E-state index contributed by atoms with van der Waals surface area (Å²) in [5, 5.41) is 0. The highest BCUT2D eigenvalue weighted by Gasteiger charge is 2.17. The van der Waals surface area contributed by atoms with Crippen molar-refractivity contribution in [1.29, 1.82) is 0 Å². The number of hydrogen-bond donors (Lipinski definition) is 1. The average molecular weight is 333 g/mol. The molecule has 0 fully saturated rings. The first kappa shape index (κ1) is 17.8. The lowest BCUT2D eigenvalue weighted by atomic mass is 10.1. The van der Waals surface area contributed by atoms with E-state index in [1.807, 2.05) is 39.2 Å². The van der Waals surface area contributed by atoms with Crippen LogP contribution < -0.4 is 5.73 Å². The molecule has 0 saturated carbocycles. The molecule has 0 aliphatic heterocycles. The van der Waals surface area contributed by atoms with Gasteiger partial charge in [0, 0.05) is 11.6 Å². The van der Waals surface area contributed by atoms with E-state index in [2.05, 4.69) is 15.0 Å². The smallest absolute Gasteiger partial charge is 0.220 e. The Kier molecular flexibility index (Phi) is 5.11. The molecule has 0 spiro atoms. The summed E-state index contributed by atoms with van der Waals surface area (Å²) in [7, 11) is 0. The number of nitrogen functional groups attached to an aromatic ring is 1. The number of anilines is 1. The monoisotopic (exact) mass is 333 g/mol. The van der Waals surface area contributed by atoms with Crippen molar-refractivity contribution in [3.05, 3.63) is 35.8 Å². The van der Waals surface area contributed by atoms with E-state index >= 15 is 0 Å². The number of aromatic nitrogens is 4. The Morgan fingerprint density at radius 2 is 1.75 bits per heavy atom. The van der Waals surface area contributed by atoms with E-state index in [9.17, 15) is 8.78 Å². The highest BCUT2D eigenvalue weighted by atomic mass is 19.1. The summed E-state index contributed by atoms with van der Waals surface area (Å²) < 4.78 is 30.2. The Balaban J connectivity index is 0.00000100. The fourth-order valence-corrected chi connectivity index (χ4v) is 2.64. The number of hydrogen-bond acceptors (Lipinski definition) is 4. The van der Waals surface area contributed by atoms with Crippen LogP contribution in [-0.4, -0.2) is 19.5 Å². The lowest BCUT2D eigenvalue weighted by Gasteiger charge is -2.11. The fraction of sp³-hybridized carbons (Fsp3) is 0.353. The van der Waals surface area contributed by atoms with Gasteiger partial charge >= 0.3 is 0 Å². The zero-order chi connectivity index (χ0) is 18.0. The number of nitrogens with two attached hydrogens (primary N) is 1. The molecule has 0 saturated heterocycles. The van der Waals surface area contributed by atoms with E-state index in [4.69, 9.17) is 5.73 Å². The summed E-state index contributed by atoms with van der Waals surface area (Å²) in [6, 6.07) is 2.98. The van der Waals surface area contributed by atoms with Gasteiger partial charge in [-0.15, -0.1) is 0 Å². The third kappa shape index (κ3) is 3.06. The molecule has 2 aromatic heterocycles. The quantitative estimate of drug-likeness (QED) is 0.760. The highest BCUT2D eigenvalue weighted by molar-refractivity contribution is 5.83. The van der Waals surface area contributed by atoms with Crippen LogP contribution in [-0.2, 0) is 0 Å². The molecule has 0 atom stereocenters. The zero-order valence-corrected chi connectivity index (χ0v) is 14.4. The molecule has 0 unspecified atom stereocenters. The van der Waals surface area contributed by atoms with Crippen LogP contribution in [0.15, 0.2) is 18.3 Å². The topological polar surface area (TPSA) is 69.6 Å². The van der Waals surface area contributed by atoms with Crippen LogP contribution in [0.25, 0.3) is 22.3 Å². The fourth-order valence-electron chi connectivity index (χ4n) is 2.64.